The van der Waals surface area contributed by atoms with Gasteiger partial charge in [-0.05, 0) is 49.4 Å². The number of rotatable bonds is 67. The summed E-state index contributed by atoms with van der Waals surface area (Å²) >= 11 is 0. The first-order chi connectivity index (χ1) is 42.6. The summed E-state index contributed by atoms with van der Waals surface area (Å²) in [5, 5.41) is 10.6. The largest absolute Gasteiger partial charge is 0.472 e. The van der Waals surface area contributed by atoms with E-state index in [9.17, 15) is 43.2 Å². The quantitative estimate of drug-likeness (QED) is 0.0222. The van der Waals surface area contributed by atoms with Gasteiger partial charge in [-0.15, -0.1) is 0 Å². The Labute approximate surface area is 543 Å². The topological polar surface area (TPSA) is 237 Å². The molecule has 0 aliphatic carbocycles. The van der Waals surface area contributed by atoms with Crippen molar-refractivity contribution in [2.75, 3.05) is 39.6 Å². The highest BCUT2D eigenvalue weighted by Crippen LogP contribution is 2.45. The monoisotopic (exact) mass is 1310 g/mol. The van der Waals surface area contributed by atoms with Gasteiger partial charge in [0.1, 0.15) is 19.3 Å². The number of esters is 4. The summed E-state index contributed by atoms with van der Waals surface area (Å²) in [6, 6.07) is 0. The third-order valence-corrected chi connectivity index (χ3v) is 18.0. The van der Waals surface area contributed by atoms with Crippen LogP contribution in [0.5, 0.6) is 0 Å². The number of aliphatic hydroxyl groups is 1. The zero-order valence-electron chi connectivity index (χ0n) is 58.1. The summed E-state index contributed by atoms with van der Waals surface area (Å²) in [6.07, 6.45) is 41.8. The van der Waals surface area contributed by atoms with E-state index in [0.717, 1.165) is 114 Å². The van der Waals surface area contributed by atoms with E-state index in [1.165, 1.54) is 141 Å². The van der Waals surface area contributed by atoms with E-state index < -0.39 is 97.5 Å². The van der Waals surface area contributed by atoms with E-state index in [1.54, 1.807) is 0 Å². The van der Waals surface area contributed by atoms with E-state index >= 15 is 0 Å². The van der Waals surface area contributed by atoms with E-state index in [1.807, 2.05) is 0 Å². The SMILES string of the molecule is CC(C)CCCCCCCCCCCCCCCC(=O)OC[C@H](COP(=O)(O)OCC(O)COP(=O)(O)OC[C@@H](COC(=O)CCCCCCCCCC(C)C)OC(=O)CCCCCCCCCCCC(C)C)OC(=O)CCCCCCCCCCC(C)C. The van der Waals surface area contributed by atoms with Crippen LogP contribution < -0.4 is 0 Å². The average Bonchev–Trinajstić information content (AvgIpc) is 3.67. The molecular formula is C70H136O17P2. The van der Waals surface area contributed by atoms with Crippen LogP contribution in [0.15, 0.2) is 0 Å². The molecule has 0 spiro atoms. The van der Waals surface area contributed by atoms with Gasteiger partial charge in [-0.3, -0.25) is 37.3 Å². The molecule has 19 heteroatoms. The van der Waals surface area contributed by atoms with Crippen molar-refractivity contribution in [2.45, 2.75) is 363 Å². The van der Waals surface area contributed by atoms with Gasteiger partial charge in [-0.25, -0.2) is 9.13 Å². The molecule has 0 aliphatic rings. The lowest BCUT2D eigenvalue weighted by molar-refractivity contribution is -0.161. The smallest absolute Gasteiger partial charge is 0.462 e. The summed E-state index contributed by atoms with van der Waals surface area (Å²) in [5.41, 5.74) is 0. The van der Waals surface area contributed by atoms with Crippen molar-refractivity contribution < 1.29 is 80.2 Å². The maximum atomic E-state index is 13.0. The number of phosphoric acid groups is 2. The minimum atomic E-state index is -4.95. The molecule has 0 heterocycles. The Hall–Kier alpha value is -1.94. The summed E-state index contributed by atoms with van der Waals surface area (Å²) in [4.78, 5) is 72.5. The Morgan fingerprint density at radius 2 is 0.472 bits per heavy atom. The van der Waals surface area contributed by atoms with Gasteiger partial charge in [0.05, 0.1) is 26.4 Å². The van der Waals surface area contributed by atoms with Crippen LogP contribution in [0.25, 0.3) is 0 Å². The van der Waals surface area contributed by atoms with E-state index in [2.05, 4.69) is 55.4 Å². The lowest BCUT2D eigenvalue weighted by Gasteiger charge is -2.21. The average molecular weight is 1310 g/mol. The van der Waals surface area contributed by atoms with Crippen LogP contribution in [-0.4, -0.2) is 96.7 Å². The molecule has 0 rings (SSSR count). The fraction of sp³-hybridized carbons (Fsp3) is 0.943. The lowest BCUT2D eigenvalue weighted by atomic mass is 10.0. The normalized spacial score (nSPS) is 14.3. The van der Waals surface area contributed by atoms with Crippen molar-refractivity contribution in [2.24, 2.45) is 23.7 Å². The molecule has 0 fully saturated rings. The number of hydrogen-bond donors (Lipinski definition) is 3. The zero-order valence-corrected chi connectivity index (χ0v) is 59.8. The number of ether oxygens (including phenoxy) is 4. The Morgan fingerprint density at radius 3 is 0.697 bits per heavy atom. The zero-order chi connectivity index (χ0) is 66.1. The van der Waals surface area contributed by atoms with Crippen LogP contribution in [0.4, 0.5) is 0 Å². The number of hydrogen-bond acceptors (Lipinski definition) is 15. The highest BCUT2D eigenvalue weighted by molar-refractivity contribution is 7.47. The third-order valence-electron chi connectivity index (χ3n) is 16.1. The molecule has 5 atom stereocenters. The fourth-order valence-corrected chi connectivity index (χ4v) is 12.1. The van der Waals surface area contributed by atoms with E-state index in [-0.39, 0.29) is 25.7 Å². The summed E-state index contributed by atoms with van der Waals surface area (Å²) < 4.78 is 68.2. The van der Waals surface area contributed by atoms with Gasteiger partial charge in [0.25, 0.3) is 0 Å². The molecule has 0 aliphatic heterocycles. The second kappa shape index (κ2) is 59.8. The van der Waals surface area contributed by atoms with Crippen LogP contribution in [0.2, 0.25) is 0 Å². The summed E-state index contributed by atoms with van der Waals surface area (Å²) in [7, 11) is -9.90. The Kier molecular flexibility index (Phi) is 58.5. The molecule has 528 valence electrons. The van der Waals surface area contributed by atoms with Crippen LogP contribution in [0.3, 0.4) is 0 Å². The molecular weight excluding hydrogens is 1170 g/mol. The molecule has 3 unspecified atom stereocenters. The van der Waals surface area contributed by atoms with Crippen molar-refractivity contribution >= 4 is 39.5 Å². The molecule has 0 saturated heterocycles. The van der Waals surface area contributed by atoms with Crippen molar-refractivity contribution in [3.63, 3.8) is 0 Å². The number of aliphatic hydroxyl groups excluding tert-OH is 1. The van der Waals surface area contributed by atoms with Crippen molar-refractivity contribution in [3.05, 3.63) is 0 Å². The van der Waals surface area contributed by atoms with Gasteiger partial charge in [0, 0.05) is 25.7 Å². The van der Waals surface area contributed by atoms with E-state index in [4.69, 9.17) is 37.0 Å². The van der Waals surface area contributed by atoms with Gasteiger partial charge < -0.3 is 33.8 Å². The molecule has 17 nitrogen and oxygen atoms in total. The maximum absolute atomic E-state index is 13.0. The van der Waals surface area contributed by atoms with Gasteiger partial charge >= 0.3 is 39.5 Å². The van der Waals surface area contributed by atoms with Crippen molar-refractivity contribution in [1.82, 2.24) is 0 Å². The fourth-order valence-electron chi connectivity index (χ4n) is 10.5. The Bertz CT molecular complexity index is 1760. The third kappa shape index (κ3) is 64.6. The van der Waals surface area contributed by atoms with Crippen LogP contribution in [-0.2, 0) is 65.4 Å². The standard InChI is InChI=1S/C70H136O17P2/c1-60(2)46-38-30-22-15-12-10-9-11-13-17-26-34-42-50-67(72)80-56-65(87-70(75)53-45-37-28-20-19-24-32-40-48-62(5)6)58-84-88(76,77)82-54-64(71)55-83-89(78,79)85-59-66(57-81-68(73)51-43-35-29-21-25-33-41-49-63(7)8)86-69(74)52-44-36-27-18-14-16-23-31-39-47-61(3)4/h60-66,71H,9-59H2,1-8H3,(H,76,77)(H,78,79)/t64?,65-,66-/m1/s1. The van der Waals surface area contributed by atoms with Gasteiger partial charge in [-0.1, -0.05) is 293 Å². The van der Waals surface area contributed by atoms with Crippen LogP contribution in [0.1, 0.15) is 344 Å². The first kappa shape index (κ1) is 87.1. The Balaban J connectivity index is 5.23. The minimum Gasteiger partial charge on any atom is -0.462 e. The first-order valence-corrected chi connectivity index (χ1v) is 39.2. The molecule has 0 bridgehead atoms. The second-order valence-electron chi connectivity index (χ2n) is 27.2. The summed E-state index contributed by atoms with van der Waals surface area (Å²) in [6.45, 7) is 14.0. The van der Waals surface area contributed by atoms with Crippen molar-refractivity contribution in [1.29, 1.82) is 0 Å². The molecule has 0 radical (unpaired) electrons. The molecule has 0 amide bonds. The highest BCUT2D eigenvalue weighted by atomic mass is 31.2. The lowest BCUT2D eigenvalue weighted by Crippen LogP contribution is -2.30. The molecule has 0 saturated carbocycles. The van der Waals surface area contributed by atoms with E-state index in [0.29, 0.717) is 31.6 Å². The second-order valence-corrected chi connectivity index (χ2v) is 30.1. The predicted molar refractivity (Wildman–Crippen MR) is 358 cm³/mol. The first-order valence-electron chi connectivity index (χ1n) is 36.2. The number of phosphoric ester groups is 2. The Morgan fingerprint density at radius 1 is 0.281 bits per heavy atom. The molecule has 0 aromatic rings. The maximum Gasteiger partial charge on any atom is 0.472 e. The molecule has 0 aromatic carbocycles. The highest BCUT2D eigenvalue weighted by Gasteiger charge is 2.30. The van der Waals surface area contributed by atoms with Gasteiger partial charge in [0.15, 0.2) is 12.2 Å². The van der Waals surface area contributed by atoms with Crippen LogP contribution in [0, 0.1) is 23.7 Å². The molecule has 89 heavy (non-hydrogen) atoms. The number of carbonyl (C=O) groups excluding carboxylic acids is 4. The molecule has 3 N–H and O–H groups in total. The predicted octanol–water partition coefficient (Wildman–Crippen LogP) is 19.7. The number of unbranched alkanes of at least 4 members (excludes halogenated alkanes) is 33. The summed E-state index contributed by atoms with van der Waals surface area (Å²) in [5.74, 6) is 0.819. The molecule has 0 aromatic heterocycles. The minimum absolute atomic E-state index is 0.104. The van der Waals surface area contributed by atoms with Gasteiger partial charge in [0.2, 0.25) is 0 Å². The number of carbonyl (C=O) groups is 4. The van der Waals surface area contributed by atoms with Crippen molar-refractivity contribution in [3.8, 4) is 0 Å². The van der Waals surface area contributed by atoms with Gasteiger partial charge in [-0.2, -0.15) is 0 Å². The van der Waals surface area contributed by atoms with Crippen LogP contribution >= 0.6 is 15.6 Å².